The Morgan fingerprint density at radius 1 is 0.848 bits per heavy atom. The van der Waals surface area contributed by atoms with Crippen molar-refractivity contribution in [3.63, 3.8) is 0 Å². The molecule has 0 bridgehead atoms. The molecule has 0 saturated heterocycles. The highest BCUT2D eigenvalue weighted by Gasteiger charge is 2.33. The van der Waals surface area contributed by atoms with Crippen LogP contribution in [-0.4, -0.2) is 29.8 Å². The second-order valence-electron chi connectivity index (χ2n) is 7.77. The van der Waals surface area contributed by atoms with Crippen LogP contribution in [0.2, 0.25) is 0 Å². The quantitative estimate of drug-likeness (QED) is 0.470. The van der Waals surface area contributed by atoms with Crippen LogP contribution in [0, 0.1) is 5.82 Å². The fourth-order valence-corrected chi connectivity index (χ4v) is 3.82. The molecule has 0 unspecified atom stereocenters. The van der Waals surface area contributed by atoms with Gasteiger partial charge in [-0.25, -0.2) is 4.39 Å². The van der Waals surface area contributed by atoms with Crippen LogP contribution >= 0.6 is 0 Å². The molecule has 0 heterocycles. The Morgan fingerprint density at radius 3 is 1.91 bits per heavy atom. The van der Waals surface area contributed by atoms with Crippen LogP contribution in [0.25, 0.3) is 0 Å². The Labute approximate surface area is 192 Å². The van der Waals surface area contributed by atoms with Crippen molar-refractivity contribution in [3.05, 3.63) is 107 Å². The van der Waals surface area contributed by atoms with E-state index in [1.165, 1.54) is 25.1 Å². The zero-order chi connectivity index (χ0) is 23.8. The van der Waals surface area contributed by atoms with E-state index >= 15 is 0 Å². The van der Waals surface area contributed by atoms with E-state index in [0.717, 1.165) is 11.1 Å². The summed E-state index contributed by atoms with van der Waals surface area (Å²) >= 11 is 0. The molecule has 3 aromatic rings. The summed E-state index contributed by atoms with van der Waals surface area (Å²) in [6.07, 6.45) is 0.0516. The van der Waals surface area contributed by atoms with E-state index in [0.29, 0.717) is 5.56 Å². The number of benzene rings is 3. The highest BCUT2D eigenvalue weighted by atomic mass is 19.1. The summed E-state index contributed by atoms with van der Waals surface area (Å²) in [4.78, 5) is 37.5. The molecular formula is C26H26FN3O3. The van der Waals surface area contributed by atoms with Crippen LogP contribution < -0.4 is 16.4 Å². The highest BCUT2D eigenvalue weighted by molar-refractivity contribution is 5.92. The molecule has 0 aliphatic carbocycles. The maximum absolute atomic E-state index is 13.6. The lowest BCUT2D eigenvalue weighted by Gasteiger charge is -2.28. The number of amides is 3. The average molecular weight is 448 g/mol. The maximum Gasteiger partial charge on any atom is 0.243 e. The largest absolute Gasteiger partial charge is 0.368 e. The highest BCUT2D eigenvalue weighted by Crippen LogP contribution is 2.28. The first-order chi connectivity index (χ1) is 15.8. The fourth-order valence-electron chi connectivity index (χ4n) is 3.82. The number of carbonyl (C=O) groups is 3. The van der Waals surface area contributed by atoms with E-state index in [4.69, 9.17) is 5.73 Å². The number of rotatable bonds is 9. The summed E-state index contributed by atoms with van der Waals surface area (Å²) in [6, 6.07) is 22.2. The third kappa shape index (κ3) is 6.49. The van der Waals surface area contributed by atoms with Crippen LogP contribution in [0.15, 0.2) is 84.9 Å². The van der Waals surface area contributed by atoms with Crippen molar-refractivity contribution in [3.8, 4) is 0 Å². The molecular weight excluding hydrogens is 421 g/mol. The van der Waals surface area contributed by atoms with Crippen LogP contribution in [0.4, 0.5) is 4.39 Å². The molecule has 0 radical (unpaired) electrons. The Morgan fingerprint density at radius 2 is 1.42 bits per heavy atom. The smallest absolute Gasteiger partial charge is 0.243 e. The fraction of sp³-hybridized carbons (Fsp3) is 0.192. The monoisotopic (exact) mass is 447 g/mol. The molecule has 4 N–H and O–H groups in total. The van der Waals surface area contributed by atoms with Gasteiger partial charge in [-0.15, -0.1) is 0 Å². The van der Waals surface area contributed by atoms with Crippen molar-refractivity contribution in [2.75, 3.05) is 0 Å². The number of carbonyl (C=O) groups excluding carboxylic acids is 3. The predicted molar refractivity (Wildman–Crippen MR) is 124 cm³/mol. The lowest BCUT2D eigenvalue weighted by Crippen LogP contribution is -2.55. The molecule has 0 aliphatic heterocycles. The molecule has 0 fully saturated rings. The first-order valence-electron chi connectivity index (χ1n) is 10.6. The maximum atomic E-state index is 13.6. The van der Waals surface area contributed by atoms with Gasteiger partial charge in [-0.1, -0.05) is 72.8 Å². The Kier molecular flexibility index (Phi) is 7.91. The van der Waals surface area contributed by atoms with Crippen LogP contribution in [0.5, 0.6) is 0 Å². The summed E-state index contributed by atoms with van der Waals surface area (Å²) < 4.78 is 13.6. The van der Waals surface area contributed by atoms with Crippen molar-refractivity contribution in [1.29, 1.82) is 0 Å². The van der Waals surface area contributed by atoms with Crippen molar-refractivity contribution < 1.29 is 18.8 Å². The number of halogens is 1. The summed E-state index contributed by atoms with van der Waals surface area (Å²) in [6.45, 7) is 1.29. The van der Waals surface area contributed by atoms with E-state index in [1.807, 2.05) is 60.7 Å². The molecule has 3 rings (SSSR count). The van der Waals surface area contributed by atoms with Crippen molar-refractivity contribution in [2.45, 2.75) is 31.3 Å². The third-order valence-electron chi connectivity index (χ3n) is 5.28. The number of nitrogens with two attached hydrogens (primary N) is 1. The van der Waals surface area contributed by atoms with Crippen LogP contribution in [0.1, 0.15) is 29.5 Å². The van der Waals surface area contributed by atoms with Gasteiger partial charge in [0.25, 0.3) is 0 Å². The van der Waals surface area contributed by atoms with Gasteiger partial charge in [0.1, 0.15) is 17.9 Å². The summed E-state index contributed by atoms with van der Waals surface area (Å²) in [5.41, 5.74) is 7.87. The SMILES string of the molecule is CC(=O)N[C@@H](Cc1cccc(F)c1)C(=O)N[C@@H](C(N)=O)C(c1ccccc1)c1ccccc1. The number of nitrogens with one attached hydrogen (secondary N) is 2. The second kappa shape index (κ2) is 11.0. The summed E-state index contributed by atoms with van der Waals surface area (Å²) in [5, 5.41) is 5.32. The third-order valence-corrected chi connectivity index (χ3v) is 5.28. The van der Waals surface area contributed by atoms with Gasteiger partial charge >= 0.3 is 0 Å². The van der Waals surface area contributed by atoms with Gasteiger partial charge in [-0.3, -0.25) is 14.4 Å². The molecule has 3 amide bonds. The number of primary amides is 1. The molecule has 33 heavy (non-hydrogen) atoms. The Hall–Kier alpha value is -4.00. The molecule has 170 valence electrons. The molecule has 3 aromatic carbocycles. The van der Waals surface area contributed by atoms with Crippen molar-refractivity contribution >= 4 is 17.7 Å². The van der Waals surface area contributed by atoms with Gasteiger partial charge in [0.05, 0.1) is 0 Å². The normalized spacial score (nSPS) is 12.6. The lowest BCUT2D eigenvalue weighted by molar-refractivity contribution is -0.131. The zero-order valence-corrected chi connectivity index (χ0v) is 18.2. The molecule has 6 nitrogen and oxygen atoms in total. The topological polar surface area (TPSA) is 101 Å². The van der Waals surface area contributed by atoms with E-state index < -0.39 is 41.5 Å². The Balaban J connectivity index is 1.92. The van der Waals surface area contributed by atoms with Gasteiger partial charge in [0.2, 0.25) is 17.7 Å². The van der Waals surface area contributed by atoms with E-state index in [-0.39, 0.29) is 6.42 Å². The van der Waals surface area contributed by atoms with Crippen LogP contribution in [0.3, 0.4) is 0 Å². The summed E-state index contributed by atoms with van der Waals surface area (Å²) in [7, 11) is 0. The molecule has 0 aliphatic rings. The van der Waals surface area contributed by atoms with Gasteiger partial charge in [-0.05, 0) is 28.8 Å². The lowest BCUT2D eigenvalue weighted by atomic mass is 9.84. The predicted octanol–water partition coefficient (Wildman–Crippen LogP) is 2.68. The zero-order valence-electron chi connectivity index (χ0n) is 18.2. The molecule has 0 aromatic heterocycles. The van der Waals surface area contributed by atoms with E-state index in [1.54, 1.807) is 6.07 Å². The van der Waals surface area contributed by atoms with Crippen molar-refractivity contribution in [1.82, 2.24) is 10.6 Å². The number of hydrogen-bond donors (Lipinski definition) is 3. The van der Waals surface area contributed by atoms with Gasteiger partial charge in [0, 0.05) is 19.3 Å². The molecule has 2 atom stereocenters. The summed E-state index contributed by atoms with van der Waals surface area (Å²) in [5.74, 6) is -2.72. The first kappa shape index (κ1) is 23.7. The molecule has 0 saturated carbocycles. The number of hydrogen-bond acceptors (Lipinski definition) is 3. The Bertz CT molecular complexity index is 1070. The standard InChI is InChI=1S/C26H26FN3O3/c1-17(31)29-22(16-18-9-8-14-21(27)15-18)26(33)30-24(25(28)32)23(19-10-4-2-5-11-19)20-12-6-3-7-13-20/h2-15,22-24H,16H2,1H3,(H2,28,32)(H,29,31)(H,30,33)/t22-,24+/m0/s1. The molecule has 0 spiro atoms. The minimum Gasteiger partial charge on any atom is -0.368 e. The minimum atomic E-state index is -1.08. The van der Waals surface area contributed by atoms with E-state index in [2.05, 4.69) is 10.6 Å². The van der Waals surface area contributed by atoms with Crippen LogP contribution in [-0.2, 0) is 20.8 Å². The van der Waals surface area contributed by atoms with E-state index in [9.17, 15) is 18.8 Å². The minimum absolute atomic E-state index is 0.0516. The van der Waals surface area contributed by atoms with Crippen molar-refractivity contribution in [2.24, 2.45) is 5.73 Å². The second-order valence-corrected chi connectivity index (χ2v) is 7.77. The molecule has 7 heteroatoms. The van der Waals surface area contributed by atoms with Gasteiger partial charge in [0.15, 0.2) is 0 Å². The average Bonchev–Trinajstić information content (AvgIpc) is 2.79. The van der Waals surface area contributed by atoms with Gasteiger partial charge < -0.3 is 16.4 Å². The van der Waals surface area contributed by atoms with Gasteiger partial charge in [-0.2, -0.15) is 0 Å². The first-order valence-corrected chi connectivity index (χ1v) is 10.6.